The molecule has 0 saturated carbocycles. The summed E-state index contributed by atoms with van der Waals surface area (Å²) in [6.07, 6.45) is 5.86. The third-order valence-corrected chi connectivity index (χ3v) is 2.58. The Kier molecular flexibility index (Phi) is 3.15. The molecule has 86 valence electrons. The first-order valence-electron chi connectivity index (χ1n) is 5.53. The molecule has 2 N–H and O–H groups in total. The number of nitrogens with one attached hydrogen (secondary N) is 2. The minimum Gasteiger partial charge on any atom is -0.368 e. The molecule has 0 aliphatic carbocycles. The van der Waals surface area contributed by atoms with Gasteiger partial charge in [0.2, 0.25) is 0 Å². The van der Waals surface area contributed by atoms with Gasteiger partial charge in [0.1, 0.15) is 5.82 Å². The van der Waals surface area contributed by atoms with E-state index in [1.54, 1.807) is 0 Å². The van der Waals surface area contributed by atoms with Crippen molar-refractivity contribution in [1.82, 2.24) is 4.98 Å². The molecular formula is C14H14N2O. The first kappa shape index (κ1) is 11.3. The predicted molar refractivity (Wildman–Crippen MR) is 71.1 cm³/mol. The number of rotatable bonds is 3. The van der Waals surface area contributed by atoms with Gasteiger partial charge in [-0.25, -0.2) is 0 Å². The summed E-state index contributed by atoms with van der Waals surface area (Å²) in [5, 5.41) is 4.80. The standard InChI is InChI=1S/C14H14N2O/c1-3-6-10(2)15-13-9-11-7-4-5-8-12(11)14(17)16-13/h1,4-5,7-10H,6H2,2H3,(H2,15,16,17). The molecule has 0 amide bonds. The van der Waals surface area contributed by atoms with Crippen LogP contribution < -0.4 is 10.9 Å². The van der Waals surface area contributed by atoms with Gasteiger partial charge in [0.25, 0.3) is 5.56 Å². The Morgan fingerprint density at radius 3 is 3.00 bits per heavy atom. The molecule has 0 aliphatic rings. The van der Waals surface area contributed by atoms with E-state index < -0.39 is 0 Å². The van der Waals surface area contributed by atoms with Crippen LogP contribution in [0.15, 0.2) is 35.1 Å². The molecule has 2 aromatic rings. The van der Waals surface area contributed by atoms with Crippen molar-refractivity contribution in [1.29, 1.82) is 0 Å². The maximum atomic E-state index is 11.8. The summed E-state index contributed by atoms with van der Waals surface area (Å²) in [7, 11) is 0. The van der Waals surface area contributed by atoms with Crippen LogP contribution in [0.1, 0.15) is 13.3 Å². The Morgan fingerprint density at radius 2 is 2.24 bits per heavy atom. The molecule has 0 saturated heterocycles. The lowest BCUT2D eigenvalue weighted by atomic mass is 10.1. The molecule has 1 unspecified atom stereocenters. The third-order valence-electron chi connectivity index (χ3n) is 2.58. The molecule has 0 radical (unpaired) electrons. The largest absolute Gasteiger partial charge is 0.368 e. The number of pyridine rings is 1. The molecule has 1 heterocycles. The van der Waals surface area contributed by atoms with Crippen LogP contribution in [0.2, 0.25) is 0 Å². The maximum Gasteiger partial charge on any atom is 0.257 e. The van der Waals surface area contributed by atoms with Gasteiger partial charge in [0.15, 0.2) is 0 Å². The van der Waals surface area contributed by atoms with Crippen LogP contribution in [0.25, 0.3) is 10.8 Å². The number of hydrogen-bond acceptors (Lipinski definition) is 2. The molecule has 0 fully saturated rings. The lowest BCUT2D eigenvalue weighted by Crippen LogP contribution is -2.18. The lowest BCUT2D eigenvalue weighted by molar-refractivity contribution is 0.821. The second-order valence-electron chi connectivity index (χ2n) is 4.05. The van der Waals surface area contributed by atoms with Gasteiger partial charge in [-0.05, 0) is 24.4 Å². The number of aromatic amines is 1. The van der Waals surface area contributed by atoms with E-state index in [4.69, 9.17) is 6.42 Å². The van der Waals surface area contributed by atoms with Crippen LogP contribution in [0.4, 0.5) is 5.82 Å². The van der Waals surface area contributed by atoms with E-state index in [9.17, 15) is 4.79 Å². The fourth-order valence-corrected chi connectivity index (χ4v) is 1.78. The summed E-state index contributed by atoms with van der Waals surface area (Å²) in [5.74, 6) is 3.29. The monoisotopic (exact) mass is 226 g/mol. The third kappa shape index (κ3) is 2.48. The van der Waals surface area contributed by atoms with Gasteiger partial charge in [0, 0.05) is 17.8 Å². The van der Waals surface area contributed by atoms with Crippen LogP contribution in [0, 0.1) is 12.3 Å². The average Bonchev–Trinajstić information content (AvgIpc) is 2.29. The molecule has 0 aliphatic heterocycles. The lowest BCUT2D eigenvalue weighted by Gasteiger charge is -2.12. The number of terminal acetylenes is 1. The smallest absolute Gasteiger partial charge is 0.257 e. The first-order valence-corrected chi connectivity index (χ1v) is 5.53. The molecule has 3 nitrogen and oxygen atoms in total. The minimum absolute atomic E-state index is 0.0847. The average molecular weight is 226 g/mol. The van der Waals surface area contributed by atoms with Gasteiger partial charge in [0.05, 0.1) is 0 Å². The highest BCUT2D eigenvalue weighted by Gasteiger charge is 2.03. The van der Waals surface area contributed by atoms with Crippen molar-refractivity contribution in [3.63, 3.8) is 0 Å². The van der Waals surface area contributed by atoms with Crippen LogP contribution in [-0.2, 0) is 0 Å². The molecule has 0 spiro atoms. The van der Waals surface area contributed by atoms with E-state index in [0.29, 0.717) is 17.6 Å². The Bertz CT molecular complexity index is 622. The normalized spacial score (nSPS) is 12.0. The Balaban J connectivity index is 2.38. The number of H-pyrrole nitrogens is 1. The maximum absolute atomic E-state index is 11.8. The van der Waals surface area contributed by atoms with Gasteiger partial charge < -0.3 is 10.3 Å². The zero-order chi connectivity index (χ0) is 12.3. The van der Waals surface area contributed by atoms with Crippen molar-refractivity contribution in [3.8, 4) is 12.3 Å². The summed E-state index contributed by atoms with van der Waals surface area (Å²) < 4.78 is 0. The number of anilines is 1. The highest BCUT2D eigenvalue weighted by atomic mass is 16.1. The predicted octanol–water partition coefficient (Wildman–Crippen LogP) is 2.35. The van der Waals surface area contributed by atoms with Crippen molar-refractivity contribution in [2.75, 3.05) is 5.32 Å². The Morgan fingerprint density at radius 1 is 1.47 bits per heavy atom. The molecule has 1 atom stereocenters. The summed E-state index contributed by atoms with van der Waals surface area (Å²) in [4.78, 5) is 14.6. The van der Waals surface area contributed by atoms with Gasteiger partial charge in [-0.1, -0.05) is 18.2 Å². The molecule has 1 aromatic carbocycles. The van der Waals surface area contributed by atoms with Crippen molar-refractivity contribution in [2.24, 2.45) is 0 Å². The second-order valence-corrected chi connectivity index (χ2v) is 4.05. The highest BCUT2D eigenvalue weighted by Crippen LogP contribution is 2.13. The van der Waals surface area contributed by atoms with Gasteiger partial charge in [-0.2, -0.15) is 0 Å². The summed E-state index contributed by atoms with van der Waals surface area (Å²) in [5.41, 5.74) is -0.0847. The van der Waals surface area contributed by atoms with E-state index in [1.165, 1.54) is 0 Å². The molecule has 0 bridgehead atoms. The van der Waals surface area contributed by atoms with Gasteiger partial charge in [-0.15, -0.1) is 12.3 Å². The van der Waals surface area contributed by atoms with Crippen molar-refractivity contribution in [2.45, 2.75) is 19.4 Å². The molecule has 3 heteroatoms. The summed E-state index contributed by atoms with van der Waals surface area (Å²) in [6, 6.07) is 9.55. The van der Waals surface area contributed by atoms with E-state index in [2.05, 4.69) is 16.2 Å². The van der Waals surface area contributed by atoms with E-state index >= 15 is 0 Å². The summed E-state index contributed by atoms with van der Waals surface area (Å²) in [6.45, 7) is 1.98. The number of aromatic nitrogens is 1. The summed E-state index contributed by atoms with van der Waals surface area (Å²) >= 11 is 0. The van der Waals surface area contributed by atoms with Crippen LogP contribution >= 0.6 is 0 Å². The van der Waals surface area contributed by atoms with E-state index in [1.807, 2.05) is 37.3 Å². The molecule has 1 aromatic heterocycles. The Hall–Kier alpha value is -2.21. The SMILES string of the molecule is C#CCC(C)Nc1cc2ccccc2c(=O)[nH]1. The van der Waals surface area contributed by atoms with Crippen LogP contribution in [0.5, 0.6) is 0 Å². The number of fused-ring (bicyclic) bond motifs is 1. The van der Waals surface area contributed by atoms with E-state index in [-0.39, 0.29) is 11.6 Å². The number of hydrogen-bond donors (Lipinski definition) is 2. The van der Waals surface area contributed by atoms with Crippen molar-refractivity contribution in [3.05, 3.63) is 40.7 Å². The second kappa shape index (κ2) is 4.75. The van der Waals surface area contributed by atoms with Gasteiger partial charge >= 0.3 is 0 Å². The topological polar surface area (TPSA) is 44.9 Å². The zero-order valence-corrected chi connectivity index (χ0v) is 9.66. The minimum atomic E-state index is -0.0847. The molecule has 2 rings (SSSR count). The number of benzene rings is 1. The van der Waals surface area contributed by atoms with Crippen molar-refractivity contribution >= 4 is 16.6 Å². The fourth-order valence-electron chi connectivity index (χ4n) is 1.78. The molecular weight excluding hydrogens is 212 g/mol. The van der Waals surface area contributed by atoms with Crippen molar-refractivity contribution < 1.29 is 0 Å². The van der Waals surface area contributed by atoms with Crippen LogP contribution in [0.3, 0.4) is 0 Å². The highest BCUT2D eigenvalue weighted by molar-refractivity contribution is 5.83. The quantitative estimate of drug-likeness (QED) is 0.789. The Labute approximate surface area is 99.9 Å². The first-order chi connectivity index (χ1) is 8.20. The zero-order valence-electron chi connectivity index (χ0n) is 9.66. The van der Waals surface area contributed by atoms with E-state index in [0.717, 1.165) is 5.39 Å². The van der Waals surface area contributed by atoms with Gasteiger partial charge in [-0.3, -0.25) is 4.79 Å². The fraction of sp³-hybridized carbons (Fsp3) is 0.214. The molecule has 17 heavy (non-hydrogen) atoms. The van der Waals surface area contributed by atoms with Crippen LogP contribution in [-0.4, -0.2) is 11.0 Å².